The number of carboxylic acid groups (broad SMARTS) is 1. The minimum atomic E-state index is -2.49. The second kappa shape index (κ2) is 14.9. The standard InChI is InChI=1S/C18H36O5/c19-17(20)15-13-11-9-7-5-3-1-2-4-6-8-10-12-14-16-18(21,22)23/h21-23H,1-16H2,(H,19,20). The van der Waals surface area contributed by atoms with Gasteiger partial charge in [-0.2, -0.15) is 0 Å². The van der Waals surface area contributed by atoms with Crippen LogP contribution in [0.1, 0.15) is 103 Å². The molecule has 0 fully saturated rings. The Kier molecular flexibility index (Phi) is 14.5. The molecule has 0 unspecified atom stereocenters. The van der Waals surface area contributed by atoms with Gasteiger partial charge in [-0.1, -0.05) is 77.0 Å². The van der Waals surface area contributed by atoms with E-state index in [1.165, 1.54) is 51.4 Å². The maximum absolute atomic E-state index is 10.3. The fraction of sp³-hybridized carbons (Fsp3) is 0.944. The van der Waals surface area contributed by atoms with Crippen molar-refractivity contribution in [1.29, 1.82) is 0 Å². The summed E-state index contributed by atoms with van der Waals surface area (Å²) in [4.78, 5) is 10.3. The first kappa shape index (κ1) is 22.4. The van der Waals surface area contributed by atoms with E-state index >= 15 is 0 Å². The summed E-state index contributed by atoms with van der Waals surface area (Å²) in [6.07, 6.45) is 16.0. The van der Waals surface area contributed by atoms with Gasteiger partial charge in [0, 0.05) is 12.8 Å². The van der Waals surface area contributed by atoms with Gasteiger partial charge in [-0.3, -0.25) is 4.79 Å². The summed E-state index contributed by atoms with van der Waals surface area (Å²) in [6, 6.07) is 0. The first-order valence-corrected chi connectivity index (χ1v) is 9.31. The lowest BCUT2D eigenvalue weighted by atomic mass is 10.0. The monoisotopic (exact) mass is 332 g/mol. The zero-order valence-electron chi connectivity index (χ0n) is 14.5. The van der Waals surface area contributed by atoms with Gasteiger partial charge in [0.15, 0.2) is 0 Å². The van der Waals surface area contributed by atoms with Gasteiger partial charge in [-0.05, 0) is 12.8 Å². The molecule has 0 radical (unpaired) electrons. The molecule has 0 saturated heterocycles. The van der Waals surface area contributed by atoms with Crippen LogP contribution in [0.3, 0.4) is 0 Å². The topological polar surface area (TPSA) is 98.0 Å². The number of carboxylic acids is 1. The predicted octanol–water partition coefficient (Wildman–Crippen LogP) is 3.94. The molecule has 23 heavy (non-hydrogen) atoms. The minimum Gasteiger partial charge on any atom is -0.481 e. The second-order valence-electron chi connectivity index (χ2n) is 6.62. The summed E-state index contributed by atoms with van der Waals surface area (Å²) in [5.41, 5.74) is 0. The van der Waals surface area contributed by atoms with Crippen LogP contribution in [-0.4, -0.2) is 32.4 Å². The van der Waals surface area contributed by atoms with Crippen LogP contribution in [0.2, 0.25) is 0 Å². The maximum atomic E-state index is 10.3. The molecular formula is C18H36O5. The molecule has 0 amide bonds. The van der Waals surface area contributed by atoms with Crippen molar-refractivity contribution in [2.75, 3.05) is 0 Å². The molecule has 5 nitrogen and oxygen atoms in total. The molecule has 5 heteroatoms. The average molecular weight is 332 g/mol. The lowest BCUT2D eigenvalue weighted by molar-refractivity contribution is -0.315. The van der Waals surface area contributed by atoms with Crippen molar-refractivity contribution in [1.82, 2.24) is 0 Å². The molecule has 138 valence electrons. The smallest absolute Gasteiger partial charge is 0.303 e. The van der Waals surface area contributed by atoms with Gasteiger partial charge in [-0.25, -0.2) is 0 Å². The Morgan fingerprint density at radius 2 is 0.870 bits per heavy atom. The highest BCUT2D eigenvalue weighted by atomic mass is 16.7. The number of hydrogen-bond donors (Lipinski definition) is 4. The summed E-state index contributed by atoms with van der Waals surface area (Å²) in [5.74, 6) is -3.18. The molecule has 0 aromatic heterocycles. The van der Waals surface area contributed by atoms with Gasteiger partial charge in [0.2, 0.25) is 0 Å². The molecule has 4 N–H and O–H groups in total. The molecule has 0 saturated carbocycles. The van der Waals surface area contributed by atoms with Crippen LogP contribution in [0.15, 0.2) is 0 Å². The highest BCUT2D eigenvalue weighted by molar-refractivity contribution is 5.66. The van der Waals surface area contributed by atoms with Gasteiger partial charge in [-0.15, -0.1) is 0 Å². The molecule has 0 aromatic carbocycles. The van der Waals surface area contributed by atoms with Crippen LogP contribution < -0.4 is 0 Å². The molecule has 0 heterocycles. The Labute approximate surface area is 140 Å². The molecule has 0 aromatic rings. The number of hydrogen-bond acceptors (Lipinski definition) is 4. The normalized spacial score (nSPS) is 11.8. The van der Waals surface area contributed by atoms with Crippen molar-refractivity contribution < 1.29 is 25.2 Å². The Hall–Kier alpha value is -0.650. The van der Waals surface area contributed by atoms with Crippen LogP contribution in [-0.2, 0) is 4.79 Å². The van der Waals surface area contributed by atoms with Crippen molar-refractivity contribution in [3.05, 3.63) is 0 Å². The third kappa shape index (κ3) is 21.4. The lowest BCUT2D eigenvalue weighted by Crippen LogP contribution is -2.26. The van der Waals surface area contributed by atoms with E-state index in [2.05, 4.69) is 0 Å². The SMILES string of the molecule is O=C(O)CCCCCCCCCCCCCCCCC(O)(O)O. The number of aliphatic hydroxyl groups is 3. The van der Waals surface area contributed by atoms with E-state index in [4.69, 9.17) is 20.4 Å². The van der Waals surface area contributed by atoms with E-state index < -0.39 is 11.9 Å². The van der Waals surface area contributed by atoms with Crippen LogP contribution in [0, 0.1) is 0 Å². The van der Waals surface area contributed by atoms with Gasteiger partial charge in [0.05, 0.1) is 0 Å². The van der Waals surface area contributed by atoms with E-state index in [-0.39, 0.29) is 6.42 Å². The number of carbonyl (C=O) groups is 1. The van der Waals surface area contributed by atoms with Crippen molar-refractivity contribution in [3.63, 3.8) is 0 Å². The van der Waals surface area contributed by atoms with Crippen LogP contribution in [0.4, 0.5) is 0 Å². The van der Waals surface area contributed by atoms with Gasteiger partial charge in [0.1, 0.15) is 0 Å². The predicted molar refractivity (Wildman–Crippen MR) is 90.9 cm³/mol. The van der Waals surface area contributed by atoms with Crippen LogP contribution in [0.5, 0.6) is 0 Å². The molecule has 0 aliphatic rings. The molecule has 0 bridgehead atoms. The molecular weight excluding hydrogens is 296 g/mol. The van der Waals surface area contributed by atoms with E-state index in [0.717, 1.165) is 32.1 Å². The van der Waals surface area contributed by atoms with E-state index in [1.54, 1.807) is 0 Å². The third-order valence-electron chi connectivity index (χ3n) is 4.15. The minimum absolute atomic E-state index is 0.0311. The van der Waals surface area contributed by atoms with Crippen molar-refractivity contribution in [2.24, 2.45) is 0 Å². The van der Waals surface area contributed by atoms with E-state index in [9.17, 15) is 4.79 Å². The Morgan fingerprint density at radius 1 is 0.565 bits per heavy atom. The van der Waals surface area contributed by atoms with Gasteiger partial charge >= 0.3 is 5.97 Å². The van der Waals surface area contributed by atoms with E-state index in [1.807, 2.05) is 0 Å². The maximum Gasteiger partial charge on any atom is 0.303 e. The number of rotatable bonds is 17. The Morgan fingerprint density at radius 3 is 1.17 bits per heavy atom. The fourth-order valence-electron chi connectivity index (χ4n) is 2.76. The molecule has 0 aliphatic heterocycles. The van der Waals surface area contributed by atoms with Crippen LogP contribution in [0.25, 0.3) is 0 Å². The third-order valence-corrected chi connectivity index (χ3v) is 4.15. The quantitative estimate of drug-likeness (QED) is 0.239. The molecule has 0 rings (SSSR count). The molecule has 0 atom stereocenters. The number of unbranched alkanes of at least 4 members (excludes halogenated alkanes) is 13. The largest absolute Gasteiger partial charge is 0.481 e. The van der Waals surface area contributed by atoms with Crippen LogP contribution >= 0.6 is 0 Å². The second-order valence-corrected chi connectivity index (χ2v) is 6.62. The molecule has 0 spiro atoms. The first-order valence-electron chi connectivity index (χ1n) is 9.31. The summed E-state index contributed by atoms with van der Waals surface area (Å²) < 4.78 is 0. The Balaban J connectivity index is 3.04. The Bertz CT molecular complexity index is 273. The zero-order valence-corrected chi connectivity index (χ0v) is 14.5. The number of aliphatic carboxylic acids is 1. The summed E-state index contributed by atoms with van der Waals surface area (Å²) >= 11 is 0. The zero-order chi connectivity index (χ0) is 17.4. The fourth-order valence-corrected chi connectivity index (χ4v) is 2.76. The van der Waals surface area contributed by atoms with Gasteiger partial charge < -0.3 is 20.4 Å². The molecule has 0 aliphatic carbocycles. The lowest BCUT2D eigenvalue weighted by Gasteiger charge is -2.12. The van der Waals surface area contributed by atoms with Gasteiger partial charge in [0.25, 0.3) is 5.97 Å². The van der Waals surface area contributed by atoms with Crippen molar-refractivity contribution in [2.45, 2.75) is 109 Å². The highest BCUT2D eigenvalue weighted by Crippen LogP contribution is 2.14. The summed E-state index contributed by atoms with van der Waals surface area (Å²) in [5, 5.41) is 34.7. The van der Waals surface area contributed by atoms with E-state index in [0.29, 0.717) is 12.8 Å². The van der Waals surface area contributed by atoms with Crippen molar-refractivity contribution in [3.8, 4) is 0 Å². The first-order chi connectivity index (χ1) is 10.9. The van der Waals surface area contributed by atoms with Crippen molar-refractivity contribution >= 4 is 5.97 Å². The summed E-state index contributed by atoms with van der Waals surface area (Å²) in [6.45, 7) is 0. The average Bonchev–Trinajstić information content (AvgIpc) is 2.45. The highest BCUT2D eigenvalue weighted by Gasteiger charge is 2.16. The summed E-state index contributed by atoms with van der Waals surface area (Å²) in [7, 11) is 0.